The predicted molar refractivity (Wildman–Crippen MR) is 152 cm³/mol. The van der Waals surface area contributed by atoms with Crippen molar-refractivity contribution in [2.45, 2.75) is 11.7 Å². The lowest BCUT2D eigenvalue weighted by Crippen LogP contribution is -2.20. The Morgan fingerprint density at radius 2 is 1.71 bits per heavy atom. The molecule has 0 radical (unpaired) electrons. The number of para-hydroxylation sites is 1. The van der Waals surface area contributed by atoms with Crippen LogP contribution in [0.1, 0.15) is 11.4 Å². The van der Waals surface area contributed by atoms with E-state index in [-0.39, 0.29) is 11.7 Å². The van der Waals surface area contributed by atoms with Gasteiger partial charge in [-0.1, -0.05) is 66.4 Å². The molecule has 0 atom stereocenters. The number of benzene rings is 4. The molecule has 2 N–H and O–H groups in total. The smallest absolute Gasteiger partial charge is 0.250 e. The van der Waals surface area contributed by atoms with Gasteiger partial charge in [0, 0.05) is 16.8 Å². The van der Waals surface area contributed by atoms with Crippen molar-refractivity contribution in [3.8, 4) is 11.4 Å². The van der Waals surface area contributed by atoms with Gasteiger partial charge in [0.1, 0.15) is 5.75 Å². The van der Waals surface area contributed by atoms with Crippen LogP contribution in [-0.2, 0) is 11.3 Å². The van der Waals surface area contributed by atoms with Crippen LogP contribution in [0.5, 0.6) is 5.75 Å². The summed E-state index contributed by atoms with van der Waals surface area (Å²) in [5.41, 5.74) is 5.37. The molecule has 8 nitrogen and oxygen atoms in total. The first kappa shape index (κ1) is 25.0. The van der Waals surface area contributed by atoms with E-state index < -0.39 is 0 Å². The highest BCUT2D eigenvalue weighted by Gasteiger charge is 2.16. The first-order valence-electron chi connectivity index (χ1n) is 12.0. The maximum atomic E-state index is 12.5. The quantitative estimate of drug-likeness (QED) is 0.147. The minimum absolute atomic E-state index is 0.141. The number of carbonyl (C=O) groups excluding carboxylic acids is 1. The number of methoxy groups -OCH3 is 1. The van der Waals surface area contributed by atoms with Crippen molar-refractivity contribution < 1.29 is 9.53 Å². The van der Waals surface area contributed by atoms with Crippen LogP contribution in [0.4, 0.5) is 5.69 Å². The van der Waals surface area contributed by atoms with Gasteiger partial charge in [0.15, 0.2) is 11.0 Å². The normalized spacial score (nSPS) is 11.1. The van der Waals surface area contributed by atoms with Crippen LogP contribution >= 0.6 is 11.8 Å². The zero-order chi connectivity index (χ0) is 26.2. The summed E-state index contributed by atoms with van der Waals surface area (Å²) < 4.78 is 7.12. The largest absolute Gasteiger partial charge is 0.497 e. The number of fused-ring (bicyclic) bond motifs is 1. The standard InChI is InChI=1S/C29H26N6O2S/c1-37-24-16-14-21(15-17-24)18-31-33-28(36)20-38-29-34-32-27(35(29)23-10-3-2-4-11-23)19-30-26-13-7-9-22-8-5-6-12-25(22)26/h2-18,30H,19-20H2,1H3,(H,33,36)/b31-18-. The summed E-state index contributed by atoms with van der Waals surface area (Å²) in [5.74, 6) is 1.40. The summed E-state index contributed by atoms with van der Waals surface area (Å²) in [6, 6.07) is 31.7. The Kier molecular flexibility index (Phi) is 7.95. The summed E-state index contributed by atoms with van der Waals surface area (Å²) in [4.78, 5) is 12.5. The molecule has 1 amide bonds. The zero-order valence-corrected chi connectivity index (χ0v) is 21.6. The van der Waals surface area contributed by atoms with Crippen LogP contribution in [0, 0.1) is 0 Å². The fourth-order valence-electron chi connectivity index (χ4n) is 3.93. The van der Waals surface area contributed by atoms with Crippen molar-refractivity contribution in [3.63, 3.8) is 0 Å². The van der Waals surface area contributed by atoms with E-state index in [9.17, 15) is 4.79 Å². The van der Waals surface area contributed by atoms with E-state index in [1.807, 2.05) is 77.4 Å². The second kappa shape index (κ2) is 12.1. The number of anilines is 1. The van der Waals surface area contributed by atoms with Crippen molar-refractivity contribution in [2.24, 2.45) is 5.10 Å². The van der Waals surface area contributed by atoms with Gasteiger partial charge in [-0.3, -0.25) is 9.36 Å². The van der Waals surface area contributed by atoms with Crippen LogP contribution in [-0.4, -0.2) is 39.7 Å². The first-order valence-corrected chi connectivity index (χ1v) is 13.0. The monoisotopic (exact) mass is 522 g/mol. The zero-order valence-electron chi connectivity index (χ0n) is 20.7. The molecule has 4 aromatic carbocycles. The Morgan fingerprint density at radius 3 is 2.53 bits per heavy atom. The molecule has 0 aliphatic carbocycles. The number of rotatable bonds is 10. The molecule has 0 aliphatic rings. The summed E-state index contributed by atoms with van der Waals surface area (Å²) in [5, 5.41) is 19.3. The number of aromatic nitrogens is 3. The fraction of sp³-hybridized carbons (Fsp3) is 0.103. The number of hydrogen-bond acceptors (Lipinski definition) is 7. The molecule has 0 aliphatic heterocycles. The maximum Gasteiger partial charge on any atom is 0.250 e. The average Bonchev–Trinajstić information content (AvgIpc) is 3.38. The summed E-state index contributed by atoms with van der Waals surface area (Å²) >= 11 is 1.31. The number of amides is 1. The Balaban J connectivity index is 1.27. The molecular weight excluding hydrogens is 496 g/mol. The van der Waals surface area contributed by atoms with Crippen molar-refractivity contribution in [1.29, 1.82) is 0 Å². The van der Waals surface area contributed by atoms with Crippen molar-refractivity contribution in [2.75, 3.05) is 18.2 Å². The third-order valence-electron chi connectivity index (χ3n) is 5.79. The van der Waals surface area contributed by atoms with Gasteiger partial charge in [0.2, 0.25) is 0 Å². The maximum absolute atomic E-state index is 12.5. The number of nitrogens with one attached hydrogen (secondary N) is 2. The van der Waals surface area contributed by atoms with Crippen LogP contribution in [0.3, 0.4) is 0 Å². The Hall–Kier alpha value is -4.63. The molecule has 1 heterocycles. The highest BCUT2D eigenvalue weighted by molar-refractivity contribution is 7.99. The predicted octanol–water partition coefficient (Wildman–Crippen LogP) is 5.28. The molecular formula is C29H26N6O2S. The van der Waals surface area contributed by atoms with Gasteiger partial charge in [-0.15, -0.1) is 10.2 Å². The lowest BCUT2D eigenvalue weighted by Gasteiger charge is -2.12. The molecule has 0 bridgehead atoms. The number of carbonyl (C=O) groups is 1. The molecule has 5 rings (SSSR count). The SMILES string of the molecule is COc1ccc(/C=N\NC(=O)CSc2nnc(CNc3cccc4ccccc34)n2-c2ccccc2)cc1. The van der Waals surface area contributed by atoms with Gasteiger partial charge in [0.05, 0.1) is 25.6 Å². The molecule has 190 valence electrons. The number of hydrogen-bond donors (Lipinski definition) is 2. The van der Waals surface area contributed by atoms with Crippen LogP contribution in [0.2, 0.25) is 0 Å². The van der Waals surface area contributed by atoms with Crippen LogP contribution < -0.4 is 15.5 Å². The van der Waals surface area contributed by atoms with Gasteiger partial charge in [-0.25, -0.2) is 5.43 Å². The Morgan fingerprint density at radius 1 is 0.947 bits per heavy atom. The van der Waals surface area contributed by atoms with Crippen molar-refractivity contribution >= 4 is 40.3 Å². The van der Waals surface area contributed by atoms with Crippen LogP contribution in [0.15, 0.2) is 107 Å². The lowest BCUT2D eigenvalue weighted by molar-refractivity contribution is -0.118. The van der Waals surface area contributed by atoms with E-state index in [1.165, 1.54) is 17.1 Å². The number of nitrogens with zero attached hydrogens (tertiary/aromatic N) is 4. The third-order valence-corrected chi connectivity index (χ3v) is 6.72. The van der Waals surface area contributed by atoms with Crippen molar-refractivity contribution in [1.82, 2.24) is 20.2 Å². The number of ether oxygens (including phenoxy) is 1. The molecule has 0 spiro atoms. The van der Waals surface area contributed by atoms with E-state index in [0.29, 0.717) is 11.7 Å². The van der Waals surface area contributed by atoms with Gasteiger partial charge in [-0.05, 0) is 53.4 Å². The molecule has 0 fully saturated rings. The second-order valence-corrected chi connectivity index (χ2v) is 9.25. The molecule has 0 unspecified atom stereocenters. The highest BCUT2D eigenvalue weighted by atomic mass is 32.2. The molecule has 38 heavy (non-hydrogen) atoms. The van der Waals surface area contributed by atoms with E-state index in [2.05, 4.69) is 50.3 Å². The number of hydrazone groups is 1. The molecule has 5 aromatic rings. The molecule has 0 saturated heterocycles. The number of thioether (sulfide) groups is 1. The minimum Gasteiger partial charge on any atom is -0.497 e. The topological polar surface area (TPSA) is 93.4 Å². The highest BCUT2D eigenvalue weighted by Crippen LogP contribution is 2.25. The molecule has 1 aromatic heterocycles. The van der Waals surface area contributed by atoms with E-state index >= 15 is 0 Å². The Bertz CT molecular complexity index is 1550. The minimum atomic E-state index is -0.238. The Labute approximate surface area is 224 Å². The van der Waals surface area contributed by atoms with E-state index in [4.69, 9.17) is 4.74 Å². The first-order chi connectivity index (χ1) is 18.7. The van der Waals surface area contributed by atoms with Gasteiger partial charge >= 0.3 is 0 Å². The van der Waals surface area contributed by atoms with E-state index in [1.54, 1.807) is 13.3 Å². The fourth-order valence-corrected chi connectivity index (χ4v) is 4.69. The van der Waals surface area contributed by atoms with Gasteiger partial charge in [0.25, 0.3) is 5.91 Å². The summed E-state index contributed by atoms with van der Waals surface area (Å²) in [7, 11) is 1.62. The van der Waals surface area contributed by atoms with Crippen molar-refractivity contribution in [3.05, 3.63) is 108 Å². The average molecular weight is 523 g/mol. The lowest BCUT2D eigenvalue weighted by atomic mass is 10.1. The second-order valence-electron chi connectivity index (χ2n) is 8.31. The third kappa shape index (κ3) is 6.01. The summed E-state index contributed by atoms with van der Waals surface area (Å²) in [6.45, 7) is 0.467. The van der Waals surface area contributed by atoms with Crippen LogP contribution in [0.25, 0.3) is 16.5 Å². The molecule has 9 heteroatoms. The van der Waals surface area contributed by atoms with Gasteiger partial charge in [-0.2, -0.15) is 5.10 Å². The summed E-state index contributed by atoms with van der Waals surface area (Å²) in [6.07, 6.45) is 1.59. The van der Waals surface area contributed by atoms with E-state index in [0.717, 1.165) is 33.9 Å². The molecule has 0 saturated carbocycles. The van der Waals surface area contributed by atoms with Gasteiger partial charge < -0.3 is 10.1 Å².